The Morgan fingerprint density at radius 2 is 2.28 bits per heavy atom. The number of benzene rings is 1. The van der Waals surface area contributed by atoms with Gasteiger partial charge in [0.15, 0.2) is 11.6 Å². The Bertz CT molecular complexity index is 410. The topological polar surface area (TPSA) is 30.5 Å². The van der Waals surface area contributed by atoms with Crippen LogP contribution in [0.1, 0.15) is 32.4 Å². The average molecular weight is 253 g/mol. The molecule has 1 N–H and O–H groups in total. The minimum Gasteiger partial charge on any atom is -0.491 e. The van der Waals surface area contributed by atoms with Crippen molar-refractivity contribution in [3.63, 3.8) is 0 Å². The summed E-state index contributed by atoms with van der Waals surface area (Å²) in [7, 11) is 0. The van der Waals surface area contributed by atoms with Crippen LogP contribution in [-0.2, 0) is 4.74 Å². The molecule has 1 unspecified atom stereocenters. The molecule has 0 saturated carbocycles. The highest BCUT2D eigenvalue weighted by Gasteiger charge is 2.27. The maximum atomic E-state index is 13.7. The molecule has 4 heteroatoms. The summed E-state index contributed by atoms with van der Waals surface area (Å²) < 4.78 is 24.7. The van der Waals surface area contributed by atoms with Gasteiger partial charge in [0, 0.05) is 12.1 Å². The molecule has 1 atom stereocenters. The van der Waals surface area contributed by atoms with Crippen LogP contribution >= 0.6 is 0 Å². The smallest absolute Gasteiger partial charge is 0.165 e. The number of nitrogens with one attached hydrogen (secondary N) is 1. The van der Waals surface area contributed by atoms with Gasteiger partial charge >= 0.3 is 0 Å². The van der Waals surface area contributed by atoms with Crippen LogP contribution in [0.15, 0.2) is 18.2 Å². The number of morpholine rings is 1. The third-order valence-corrected chi connectivity index (χ3v) is 3.04. The van der Waals surface area contributed by atoms with Crippen LogP contribution < -0.4 is 10.1 Å². The van der Waals surface area contributed by atoms with Crippen LogP contribution in [0, 0.1) is 5.82 Å². The van der Waals surface area contributed by atoms with Crippen LogP contribution in [0.4, 0.5) is 4.39 Å². The van der Waals surface area contributed by atoms with Gasteiger partial charge < -0.3 is 14.8 Å². The molecular formula is C14H20FNO2. The molecule has 1 aromatic rings. The van der Waals surface area contributed by atoms with Gasteiger partial charge in [-0.15, -0.1) is 0 Å². The second-order valence-corrected chi connectivity index (χ2v) is 5.19. The van der Waals surface area contributed by atoms with Gasteiger partial charge in [-0.1, -0.05) is 6.07 Å². The summed E-state index contributed by atoms with van der Waals surface area (Å²) in [5.41, 5.74) is 0.833. The molecule has 1 aliphatic heterocycles. The molecule has 1 aromatic carbocycles. The van der Waals surface area contributed by atoms with Gasteiger partial charge in [-0.25, -0.2) is 4.39 Å². The summed E-state index contributed by atoms with van der Waals surface area (Å²) in [4.78, 5) is 0. The molecule has 1 heterocycles. The monoisotopic (exact) mass is 253 g/mol. The van der Waals surface area contributed by atoms with Crippen molar-refractivity contribution in [1.29, 1.82) is 0 Å². The zero-order valence-corrected chi connectivity index (χ0v) is 11.1. The lowest BCUT2D eigenvalue weighted by molar-refractivity contribution is -0.0230. The molecule has 18 heavy (non-hydrogen) atoms. The van der Waals surface area contributed by atoms with Crippen molar-refractivity contribution in [1.82, 2.24) is 5.32 Å². The van der Waals surface area contributed by atoms with E-state index in [0.717, 1.165) is 5.56 Å². The van der Waals surface area contributed by atoms with Gasteiger partial charge in [0.1, 0.15) is 0 Å². The lowest BCUT2D eigenvalue weighted by atomic mass is 10.0. The van der Waals surface area contributed by atoms with Crippen molar-refractivity contribution in [3.05, 3.63) is 29.6 Å². The second kappa shape index (κ2) is 5.24. The van der Waals surface area contributed by atoms with E-state index in [1.54, 1.807) is 6.07 Å². The van der Waals surface area contributed by atoms with Gasteiger partial charge in [-0.05, 0) is 38.5 Å². The van der Waals surface area contributed by atoms with E-state index < -0.39 is 0 Å². The quantitative estimate of drug-likeness (QED) is 0.898. The van der Waals surface area contributed by atoms with E-state index in [-0.39, 0.29) is 17.5 Å². The summed E-state index contributed by atoms with van der Waals surface area (Å²) in [5.74, 6) is -0.0341. The first-order valence-corrected chi connectivity index (χ1v) is 6.31. The normalized spacial score (nSPS) is 22.8. The molecule has 0 aromatic heterocycles. The maximum absolute atomic E-state index is 13.7. The Hall–Kier alpha value is -1.13. The van der Waals surface area contributed by atoms with Gasteiger partial charge in [0.2, 0.25) is 0 Å². The molecule has 2 rings (SSSR count). The summed E-state index contributed by atoms with van der Waals surface area (Å²) in [6.07, 6.45) is -0.0943. The molecule has 3 nitrogen and oxygen atoms in total. The largest absolute Gasteiger partial charge is 0.491 e. The molecule has 0 amide bonds. The molecular weight excluding hydrogens is 233 g/mol. The van der Waals surface area contributed by atoms with Crippen LogP contribution in [-0.4, -0.2) is 25.3 Å². The standard InChI is InChI=1S/C14H20FNO2/c1-4-17-12-6-5-10(7-11(12)15)13-8-16-14(2,3)9-18-13/h5-7,13,16H,4,8-9H2,1-3H3. The van der Waals surface area contributed by atoms with Crippen molar-refractivity contribution in [3.8, 4) is 5.75 Å². The third kappa shape index (κ3) is 3.00. The predicted octanol–water partition coefficient (Wildman–Crippen LogP) is 2.66. The lowest BCUT2D eigenvalue weighted by Gasteiger charge is -2.36. The second-order valence-electron chi connectivity index (χ2n) is 5.19. The minimum absolute atomic E-state index is 0.0136. The Balaban J connectivity index is 2.08. The molecule has 100 valence electrons. The van der Waals surface area contributed by atoms with Crippen molar-refractivity contribution >= 4 is 0 Å². The number of ether oxygens (including phenoxy) is 2. The highest BCUT2D eigenvalue weighted by atomic mass is 19.1. The first-order chi connectivity index (χ1) is 8.52. The fraction of sp³-hybridized carbons (Fsp3) is 0.571. The Morgan fingerprint density at radius 3 is 2.83 bits per heavy atom. The fourth-order valence-electron chi connectivity index (χ4n) is 1.99. The molecule has 0 spiro atoms. The first-order valence-electron chi connectivity index (χ1n) is 6.31. The highest BCUT2D eigenvalue weighted by molar-refractivity contribution is 5.31. The molecule has 0 aliphatic carbocycles. The van der Waals surface area contributed by atoms with E-state index >= 15 is 0 Å². The van der Waals surface area contributed by atoms with E-state index in [2.05, 4.69) is 19.2 Å². The highest BCUT2D eigenvalue weighted by Crippen LogP contribution is 2.27. The average Bonchev–Trinajstić information content (AvgIpc) is 2.32. The van der Waals surface area contributed by atoms with Crippen molar-refractivity contribution in [2.24, 2.45) is 0 Å². The predicted molar refractivity (Wildman–Crippen MR) is 68.3 cm³/mol. The summed E-state index contributed by atoms with van der Waals surface area (Å²) in [5, 5.41) is 3.39. The zero-order valence-electron chi connectivity index (χ0n) is 11.1. The van der Waals surface area contributed by atoms with Crippen LogP contribution in [0.25, 0.3) is 0 Å². The molecule has 1 aliphatic rings. The summed E-state index contributed by atoms with van der Waals surface area (Å²) in [6, 6.07) is 5.02. The van der Waals surface area contributed by atoms with Gasteiger partial charge in [0.05, 0.1) is 19.3 Å². The number of rotatable bonds is 3. The zero-order chi connectivity index (χ0) is 13.2. The number of hydrogen-bond donors (Lipinski definition) is 1. The Kier molecular flexibility index (Phi) is 3.88. The van der Waals surface area contributed by atoms with Crippen molar-refractivity contribution in [2.45, 2.75) is 32.4 Å². The van der Waals surface area contributed by atoms with Crippen LogP contribution in [0.5, 0.6) is 5.75 Å². The van der Waals surface area contributed by atoms with Crippen molar-refractivity contribution < 1.29 is 13.9 Å². The Labute approximate surface area is 107 Å². The van der Waals surface area contributed by atoms with Gasteiger partial charge in [0.25, 0.3) is 0 Å². The third-order valence-electron chi connectivity index (χ3n) is 3.04. The van der Waals surface area contributed by atoms with E-state index in [9.17, 15) is 4.39 Å². The van der Waals surface area contributed by atoms with E-state index in [4.69, 9.17) is 9.47 Å². The maximum Gasteiger partial charge on any atom is 0.165 e. The summed E-state index contributed by atoms with van der Waals surface area (Å²) in [6.45, 7) is 7.78. The molecule has 1 fully saturated rings. The molecule has 0 radical (unpaired) electrons. The van der Waals surface area contributed by atoms with E-state index in [0.29, 0.717) is 25.5 Å². The Morgan fingerprint density at radius 1 is 1.50 bits per heavy atom. The minimum atomic E-state index is -0.331. The van der Waals surface area contributed by atoms with E-state index in [1.165, 1.54) is 6.07 Å². The number of halogens is 1. The fourth-order valence-corrected chi connectivity index (χ4v) is 1.99. The molecule has 0 bridgehead atoms. The van der Waals surface area contributed by atoms with Crippen LogP contribution in [0.3, 0.4) is 0 Å². The first kappa shape index (κ1) is 13.3. The lowest BCUT2D eigenvalue weighted by Crippen LogP contribution is -2.50. The van der Waals surface area contributed by atoms with Crippen LogP contribution in [0.2, 0.25) is 0 Å². The van der Waals surface area contributed by atoms with Gasteiger partial charge in [-0.3, -0.25) is 0 Å². The van der Waals surface area contributed by atoms with Crippen molar-refractivity contribution in [2.75, 3.05) is 19.8 Å². The SMILES string of the molecule is CCOc1ccc(C2CNC(C)(C)CO2)cc1F. The summed E-state index contributed by atoms with van der Waals surface area (Å²) >= 11 is 0. The van der Waals surface area contributed by atoms with Gasteiger partial charge in [-0.2, -0.15) is 0 Å². The number of hydrogen-bond acceptors (Lipinski definition) is 3. The molecule has 1 saturated heterocycles. The van der Waals surface area contributed by atoms with E-state index in [1.807, 2.05) is 13.0 Å².